The molecule has 0 spiro atoms. The molecule has 18 heavy (non-hydrogen) atoms. The predicted octanol–water partition coefficient (Wildman–Crippen LogP) is 1.15. The molecule has 2 heterocycles. The average Bonchev–Trinajstić information content (AvgIpc) is 2.82. The summed E-state index contributed by atoms with van der Waals surface area (Å²) < 4.78 is 0. The first-order chi connectivity index (χ1) is 8.65. The molecule has 2 rings (SSSR count). The van der Waals surface area contributed by atoms with Gasteiger partial charge in [-0.3, -0.25) is 10.1 Å². The third-order valence-corrected chi connectivity index (χ3v) is 2.00. The van der Waals surface area contributed by atoms with Gasteiger partial charge in [-0.25, -0.2) is 9.59 Å². The molecule has 0 atom stereocenters. The van der Waals surface area contributed by atoms with Crippen LogP contribution in [0, 0.1) is 0 Å². The fourth-order valence-electron chi connectivity index (χ4n) is 1.24. The minimum atomic E-state index is -1.11. The van der Waals surface area contributed by atoms with Gasteiger partial charge in [-0.2, -0.15) is 5.10 Å². The van der Waals surface area contributed by atoms with Crippen molar-refractivity contribution in [3.63, 3.8) is 0 Å². The number of pyridine rings is 1. The summed E-state index contributed by atoms with van der Waals surface area (Å²) >= 11 is 0. The second-order valence-electron chi connectivity index (χ2n) is 3.33. The van der Waals surface area contributed by atoms with Gasteiger partial charge in [0.05, 0.1) is 29.3 Å². The normalized spacial score (nSPS) is 9.78. The average molecular weight is 247 g/mol. The number of hydrogen-bond donors (Lipinski definition) is 4. The lowest BCUT2D eigenvalue weighted by Gasteiger charge is -2.05. The molecule has 0 aliphatic rings. The molecule has 2 aromatic heterocycles. The molecule has 0 aromatic carbocycles. The summed E-state index contributed by atoms with van der Waals surface area (Å²) in [7, 11) is 0. The Morgan fingerprint density at radius 2 is 1.94 bits per heavy atom. The Morgan fingerprint density at radius 3 is 2.61 bits per heavy atom. The maximum atomic E-state index is 11.5. The Morgan fingerprint density at radius 1 is 1.17 bits per heavy atom. The minimum Gasteiger partial charge on any atom is -0.478 e. The van der Waals surface area contributed by atoms with Gasteiger partial charge in [0.25, 0.3) is 0 Å². The number of nitrogens with zero attached hydrogens (tertiary/aromatic N) is 2. The van der Waals surface area contributed by atoms with Crippen LogP contribution in [0.25, 0.3) is 0 Å². The predicted molar refractivity (Wildman–Crippen MR) is 62.4 cm³/mol. The highest BCUT2D eigenvalue weighted by molar-refractivity contribution is 6.00. The lowest BCUT2D eigenvalue weighted by molar-refractivity contribution is 0.0696. The number of carboxylic acids is 1. The summed E-state index contributed by atoms with van der Waals surface area (Å²) in [6.07, 6.45) is 5.49. The molecule has 0 saturated carbocycles. The number of hydrogen-bond acceptors (Lipinski definition) is 4. The van der Waals surface area contributed by atoms with Gasteiger partial charge in [-0.05, 0) is 6.07 Å². The van der Waals surface area contributed by atoms with Gasteiger partial charge >= 0.3 is 12.0 Å². The van der Waals surface area contributed by atoms with E-state index in [1.54, 1.807) is 0 Å². The molecular formula is C10H9N5O3. The van der Waals surface area contributed by atoms with Crippen molar-refractivity contribution in [3.8, 4) is 0 Å². The SMILES string of the molecule is O=C(Nc1cn[nH]c1)Nc1cncc(C(=O)O)c1. The molecule has 2 aromatic rings. The smallest absolute Gasteiger partial charge is 0.337 e. The summed E-state index contributed by atoms with van der Waals surface area (Å²) in [6, 6.07) is 0.797. The molecule has 8 heteroatoms. The first kappa shape index (κ1) is 11.6. The maximum absolute atomic E-state index is 11.5. The molecule has 92 valence electrons. The van der Waals surface area contributed by atoms with Crippen LogP contribution in [0.15, 0.2) is 30.9 Å². The zero-order valence-electron chi connectivity index (χ0n) is 9.04. The monoisotopic (exact) mass is 247 g/mol. The Bertz CT molecular complexity index is 567. The van der Waals surface area contributed by atoms with Crippen molar-refractivity contribution in [2.45, 2.75) is 0 Å². The summed E-state index contributed by atoms with van der Waals surface area (Å²) in [6.45, 7) is 0. The zero-order valence-corrected chi connectivity index (χ0v) is 9.04. The number of carbonyl (C=O) groups excluding carboxylic acids is 1. The van der Waals surface area contributed by atoms with Gasteiger partial charge in [-0.15, -0.1) is 0 Å². The molecule has 8 nitrogen and oxygen atoms in total. The standard InChI is InChI=1S/C10H9N5O3/c16-9(17)6-1-7(3-11-2-6)14-10(18)15-8-4-12-13-5-8/h1-5H,(H,12,13)(H,16,17)(H2,14,15,18). The number of urea groups is 1. The number of amides is 2. The first-order valence-corrected chi connectivity index (χ1v) is 4.90. The number of carboxylic acid groups (broad SMARTS) is 1. The highest BCUT2D eigenvalue weighted by Crippen LogP contribution is 2.09. The van der Waals surface area contributed by atoms with E-state index in [1.165, 1.54) is 30.9 Å². The number of carbonyl (C=O) groups is 2. The van der Waals surface area contributed by atoms with E-state index < -0.39 is 12.0 Å². The van der Waals surface area contributed by atoms with Crippen molar-refractivity contribution in [3.05, 3.63) is 36.4 Å². The Hall–Kier alpha value is -2.90. The van der Waals surface area contributed by atoms with Crippen molar-refractivity contribution in [2.75, 3.05) is 10.6 Å². The van der Waals surface area contributed by atoms with Crippen LogP contribution in [-0.2, 0) is 0 Å². The number of rotatable bonds is 3. The summed E-state index contributed by atoms with van der Waals surface area (Å²) in [5.74, 6) is -1.11. The van der Waals surface area contributed by atoms with Gasteiger partial charge in [0.15, 0.2) is 0 Å². The fraction of sp³-hybridized carbons (Fsp3) is 0. The van der Waals surface area contributed by atoms with E-state index in [2.05, 4.69) is 25.8 Å². The topological polar surface area (TPSA) is 120 Å². The van der Waals surface area contributed by atoms with Crippen LogP contribution in [-0.4, -0.2) is 32.3 Å². The highest BCUT2D eigenvalue weighted by atomic mass is 16.4. The first-order valence-electron chi connectivity index (χ1n) is 4.90. The third-order valence-electron chi connectivity index (χ3n) is 2.00. The zero-order chi connectivity index (χ0) is 13.0. The van der Waals surface area contributed by atoms with Gasteiger partial charge in [0.2, 0.25) is 0 Å². The maximum Gasteiger partial charge on any atom is 0.337 e. The number of H-pyrrole nitrogens is 1. The van der Waals surface area contributed by atoms with Crippen molar-refractivity contribution < 1.29 is 14.7 Å². The Balaban J connectivity index is 2.03. The van der Waals surface area contributed by atoms with Crippen LogP contribution in [0.5, 0.6) is 0 Å². The Labute approximate surface area is 101 Å². The van der Waals surface area contributed by atoms with Gasteiger partial charge < -0.3 is 15.7 Å². The quantitative estimate of drug-likeness (QED) is 0.648. The van der Waals surface area contributed by atoms with Crippen LogP contribution in [0.3, 0.4) is 0 Å². The van der Waals surface area contributed by atoms with E-state index in [-0.39, 0.29) is 11.3 Å². The minimum absolute atomic E-state index is 0.00360. The van der Waals surface area contributed by atoms with Crippen molar-refractivity contribution in [2.24, 2.45) is 0 Å². The van der Waals surface area contributed by atoms with Crippen LogP contribution >= 0.6 is 0 Å². The van der Waals surface area contributed by atoms with Gasteiger partial charge in [-0.1, -0.05) is 0 Å². The number of aromatic nitrogens is 3. The van der Waals surface area contributed by atoms with E-state index in [0.717, 1.165) is 0 Å². The van der Waals surface area contributed by atoms with Crippen molar-refractivity contribution in [1.29, 1.82) is 0 Å². The van der Waals surface area contributed by atoms with Crippen LogP contribution in [0.2, 0.25) is 0 Å². The summed E-state index contributed by atoms with van der Waals surface area (Å²) in [5.41, 5.74) is 0.779. The second-order valence-corrected chi connectivity index (χ2v) is 3.33. The van der Waals surface area contributed by atoms with E-state index in [0.29, 0.717) is 5.69 Å². The molecule has 0 unspecified atom stereocenters. The van der Waals surface area contributed by atoms with E-state index in [1.807, 2.05) is 0 Å². The molecule has 0 radical (unpaired) electrons. The number of anilines is 2. The number of aromatic amines is 1. The molecule has 0 fully saturated rings. The van der Waals surface area contributed by atoms with E-state index in [9.17, 15) is 9.59 Å². The highest BCUT2D eigenvalue weighted by Gasteiger charge is 2.07. The largest absolute Gasteiger partial charge is 0.478 e. The lowest BCUT2D eigenvalue weighted by atomic mass is 10.3. The lowest BCUT2D eigenvalue weighted by Crippen LogP contribution is -2.19. The molecular weight excluding hydrogens is 238 g/mol. The summed E-state index contributed by atoms with van der Waals surface area (Å²) in [4.78, 5) is 26.0. The molecule has 2 amide bonds. The molecule has 0 aliphatic carbocycles. The molecule has 4 N–H and O–H groups in total. The molecule has 0 aliphatic heterocycles. The second kappa shape index (κ2) is 4.95. The molecule has 0 saturated heterocycles. The van der Waals surface area contributed by atoms with Crippen molar-refractivity contribution >= 4 is 23.4 Å². The summed E-state index contributed by atoms with van der Waals surface area (Å²) in [5, 5.41) is 19.9. The van der Waals surface area contributed by atoms with E-state index in [4.69, 9.17) is 5.11 Å². The number of aromatic carboxylic acids is 1. The van der Waals surface area contributed by atoms with Crippen LogP contribution in [0.4, 0.5) is 16.2 Å². The van der Waals surface area contributed by atoms with Crippen LogP contribution < -0.4 is 10.6 Å². The van der Waals surface area contributed by atoms with Gasteiger partial charge in [0.1, 0.15) is 0 Å². The van der Waals surface area contributed by atoms with E-state index >= 15 is 0 Å². The fourth-order valence-corrected chi connectivity index (χ4v) is 1.24. The van der Waals surface area contributed by atoms with Crippen molar-refractivity contribution in [1.82, 2.24) is 15.2 Å². The Kier molecular flexibility index (Phi) is 3.19. The van der Waals surface area contributed by atoms with Gasteiger partial charge in [0, 0.05) is 12.4 Å². The third kappa shape index (κ3) is 2.82. The molecule has 0 bridgehead atoms. The number of nitrogens with one attached hydrogen (secondary N) is 3. The van der Waals surface area contributed by atoms with Crippen LogP contribution in [0.1, 0.15) is 10.4 Å².